The lowest BCUT2D eigenvalue weighted by Crippen LogP contribution is -2.41. The van der Waals surface area contributed by atoms with Crippen LogP contribution in [0.3, 0.4) is 0 Å². The van der Waals surface area contributed by atoms with Crippen molar-refractivity contribution in [3.05, 3.63) is 46.7 Å². The van der Waals surface area contributed by atoms with E-state index in [1.165, 1.54) is 30.4 Å². The minimum absolute atomic E-state index is 0.243. The maximum atomic E-state index is 12.7. The molecule has 1 fully saturated rings. The van der Waals surface area contributed by atoms with Gasteiger partial charge in [-0.15, -0.1) is 0 Å². The van der Waals surface area contributed by atoms with Gasteiger partial charge >= 0.3 is 0 Å². The number of ketones is 1. The van der Waals surface area contributed by atoms with Crippen LogP contribution in [-0.2, 0) is 4.79 Å². The Labute approximate surface area is 137 Å². The second-order valence-electron chi connectivity index (χ2n) is 7.22. The number of aliphatic imine (C=N–C) groups is 1. The number of hydrogen-bond donors (Lipinski definition) is 1. The van der Waals surface area contributed by atoms with E-state index in [2.05, 4.69) is 36.5 Å². The molecule has 2 aliphatic carbocycles. The first-order chi connectivity index (χ1) is 11.2. The summed E-state index contributed by atoms with van der Waals surface area (Å²) in [5, 5.41) is 3.70. The van der Waals surface area contributed by atoms with Crippen LogP contribution < -0.4 is 5.32 Å². The number of allylic oxidation sites excluding steroid dienone is 2. The van der Waals surface area contributed by atoms with Crippen molar-refractivity contribution in [3.8, 4) is 0 Å². The molecule has 0 amide bonds. The molecule has 0 saturated heterocycles. The largest absolute Gasteiger partial charge is 0.383 e. The minimum atomic E-state index is 0.243. The number of rotatable bonds is 1. The summed E-state index contributed by atoms with van der Waals surface area (Å²) in [7, 11) is 0. The normalized spacial score (nSPS) is 30.3. The molecule has 0 bridgehead atoms. The van der Waals surface area contributed by atoms with Gasteiger partial charge in [0.2, 0.25) is 0 Å². The van der Waals surface area contributed by atoms with E-state index in [0.717, 1.165) is 24.1 Å². The molecule has 1 aliphatic heterocycles. The second-order valence-corrected chi connectivity index (χ2v) is 7.22. The Kier molecular flexibility index (Phi) is 3.80. The van der Waals surface area contributed by atoms with Gasteiger partial charge in [-0.3, -0.25) is 9.79 Å². The van der Waals surface area contributed by atoms with Crippen molar-refractivity contribution in [2.75, 3.05) is 0 Å². The molecular weight excluding hydrogens is 284 g/mol. The first-order valence-electron chi connectivity index (χ1n) is 8.83. The number of fused-ring (bicyclic) bond motifs is 1. The van der Waals surface area contributed by atoms with Crippen molar-refractivity contribution in [1.82, 2.24) is 5.32 Å². The highest BCUT2D eigenvalue weighted by molar-refractivity contribution is 6.15. The molecule has 1 aromatic rings. The van der Waals surface area contributed by atoms with Crippen LogP contribution in [0, 0.1) is 6.92 Å². The highest BCUT2D eigenvalue weighted by Crippen LogP contribution is 2.36. The zero-order valence-corrected chi connectivity index (χ0v) is 13.7. The Bertz CT molecular complexity index is 689. The summed E-state index contributed by atoms with van der Waals surface area (Å²) >= 11 is 0. The van der Waals surface area contributed by atoms with Gasteiger partial charge < -0.3 is 5.32 Å². The molecule has 23 heavy (non-hydrogen) atoms. The van der Waals surface area contributed by atoms with Crippen LogP contribution in [0.4, 0.5) is 0 Å². The first kappa shape index (κ1) is 14.7. The molecule has 0 unspecified atom stereocenters. The number of nitrogens with zero attached hydrogens (tertiary/aromatic N) is 1. The average molecular weight is 308 g/mol. The Morgan fingerprint density at radius 3 is 2.91 bits per heavy atom. The molecule has 0 aromatic heterocycles. The van der Waals surface area contributed by atoms with E-state index >= 15 is 0 Å². The molecule has 3 heteroatoms. The van der Waals surface area contributed by atoms with E-state index in [1.54, 1.807) is 0 Å². The highest BCUT2D eigenvalue weighted by Gasteiger charge is 2.33. The van der Waals surface area contributed by atoms with Gasteiger partial charge in [-0.25, -0.2) is 0 Å². The second kappa shape index (κ2) is 5.95. The number of hydrogen-bond acceptors (Lipinski definition) is 3. The summed E-state index contributed by atoms with van der Waals surface area (Å²) < 4.78 is 0. The quantitative estimate of drug-likeness (QED) is 0.860. The molecule has 120 valence electrons. The van der Waals surface area contributed by atoms with Gasteiger partial charge in [0.15, 0.2) is 5.78 Å². The predicted molar refractivity (Wildman–Crippen MR) is 92.9 cm³/mol. The molecule has 3 atom stereocenters. The third kappa shape index (κ3) is 2.85. The smallest absolute Gasteiger partial charge is 0.166 e. The number of nitrogens with one attached hydrogen (secondary N) is 1. The topological polar surface area (TPSA) is 41.5 Å². The fourth-order valence-electron chi connectivity index (χ4n) is 4.23. The Morgan fingerprint density at radius 2 is 2.04 bits per heavy atom. The van der Waals surface area contributed by atoms with Gasteiger partial charge in [0.05, 0.1) is 11.6 Å². The summed E-state index contributed by atoms with van der Waals surface area (Å²) in [6.07, 6.45) is 8.23. The Balaban J connectivity index is 1.62. The lowest BCUT2D eigenvalue weighted by atomic mass is 9.81. The fraction of sp³-hybridized carbons (Fsp3) is 0.500. The molecule has 3 aliphatic rings. The van der Waals surface area contributed by atoms with Crippen LogP contribution in [0.5, 0.6) is 0 Å². The van der Waals surface area contributed by atoms with E-state index in [1.807, 2.05) is 6.21 Å². The van der Waals surface area contributed by atoms with E-state index in [0.29, 0.717) is 24.4 Å². The molecule has 1 saturated carbocycles. The Morgan fingerprint density at radius 1 is 1.17 bits per heavy atom. The molecule has 4 rings (SSSR count). The SMILES string of the molecule is Cc1cccc([C@@H]2CC(=O)C3=C(C2)N[C@H]2CCCC[C@@H]2N=C3)c1. The minimum Gasteiger partial charge on any atom is -0.383 e. The van der Waals surface area contributed by atoms with Gasteiger partial charge in [-0.05, 0) is 37.7 Å². The zero-order valence-electron chi connectivity index (χ0n) is 13.7. The molecule has 0 radical (unpaired) electrons. The highest BCUT2D eigenvalue weighted by atomic mass is 16.1. The maximum Gasteiger partial charge on any atom is 0.166 e. The van der Waals surface area contributed by atoms with Gasteiger partial charge in [-0.2, -0.15) is 0 Å². The number of Topliss-reactive ketones (excluding diaryl/α,β-unsaturated/α-hetero) is 1. The Hall–Kier alpha value is -1.90. The van der Waals surface area contributed by atoms with E-state index in [4.69, 9.17) is 4.99 Å². The summed E-state index contributed by atoms with van der Waals surface area (Å²) in [5.41, 5.74) is 4.51. The van der Waals surface area contributed by atoms with Gasteiger partial charge in [-0.1, -0.05) is 42.7 Å². The van der Waals surface area contributed by atoms with E-state index < -0.39 is 0 Å². The fourth-order valence-corrected chi connectivity index (χ4v) is 4.23. The maximum absolute atomic E-state index is 12.7. The van der Waals surface area contributed by atoms with Crippen molar-refractivity contribution >= 4 is 12.0 Å². The van der Waals surface area contributed by atoms with Crippen molar-refractivity contribution < 1.29 is 4.79 Å². The van der Waals surface area contributed by atoms with Crippen molar-refractivity contribution in [1.29, 1.82) is 0 Å². The number of benzene rings is 1. The summed E-state index contributed by atoms with van der Waals surface area (Å²) in [6.45, 7) is 2.11. The van der Waals surface area contributed by atoms with E-state index in [9.17, 15) is 4.79 Å². The zero-order chi connectivity index (χ0) is 15.8. The van der Waals surface area contributed by atoms with E-state index in [-0.39, 0.29) is 5.78 Å². The lowest BCUT2D eigenvalue weighted by Gasteiger charge is -2.32. The van der Waals surface area contributed by atoms with Crippen LogP contribution in [0.15, 0.2) is 40.5 Å². The van der Waals surface area contributed by atoms with Crippen LogP contribution in [0.1, 0.15) is 55.6 Å². The van der Waals surface area contributed by atoms with Gasteiger partial charge in [0.25, 0.3) is 0 Å². The summed E-state index contributed by atoms with van der Waals surface area (Å²) in [5.74, 6) is 0.537. The summed E-state index contributed by atoms with van der Waals surface area (Å²) in [6, 6.07) is 9.35. The van der Waals surface area contributed by atoms with Crippen LogP contribution in [-0.4, -0.2) is 24.1 Å². The average Bonchev–Trinajstić information content (AvgIpc) is 2.74. The van der Waals surface area contributed by atoms with Crippen LogP contribution >= 0.6 is 0 Å². The molecule has 3 nitrogen and oxygen atoms in total. The van der Waals surface area contributed by atoms with Crippen molar-refractivity contribution in [2.45, 2.75) is 63.5 Å². The molecule has 1 aromatic carbocycles. The molecule has 1 heterocycles. The molecule has 0 spiro atoms. The lowest BCUT2D eigenvalue weighted by molar-refractivity contribution is -0.115. The third-order valence-corrected chi connectivity index (χ3v) is 5.51. The van der Waals surface area contributed by atoms with Crippen molar-refractivity contribution in [2.24, 2.45) is 4.99 Å². The molecule has 1 N–H and O–H groups in total. The standard InChI is InChI=1S/C20H24N2O/c1-13-5-4-6-14(9-13)15-10-19-16(20(23)11-15)12-21-17-7-2-3-8-18(17)22-19/h4-6,9,12,15,17-18,22H,2-3,7-8,10-11H2,1H3/t15-,17-,18-/m0/s1. The van der Waals surface area contributed by atoms with Crippen molar-refractivity contribution in [3.63, 3.8) is 0 Å². The first-order valence-corrected chi connectivity index (χ1v) is 8.83. The predicted octanol–water partition coefficient (Wildman–Crippen LogP) is 3.68. The summed E-state index contributed by atoms with van der Waals surface area (Å²) in [4.78, 5) is 17.4. The number of carbonyl (C=O) groups is 1. The van der Waals surface area contributed by atoms with Gasteiger partial charge in [0, 0.05) is 24.4 Å². The number of carbonyl (C=O) groups excluding carboxylic acids is 1. The molecular formula is C20H24N2O. The third-order valence-electron chi connectivity index (χ3n) is 5.51. The monoisotopic (exact) mass is 308 g/mol. The van der Waals surface area contributed by atoms with Crippen LogP contribution in [0.25, 0.3) is 0 Å². The van der Waals surface area contributed by atoms with Crippen LogP contribution in [0.2, 0.25) is 0 Å². The number of aryl methyl sites for hydroxylation is 1. The van der Waals surface area contributed by atoms with Gasteiger partial charge in [0.1, 0.15) is 0 Å².